The zero-order valence-electron chi connectivity index (χ0n) is 7.73. The van der Waals surface area contributed by atoms with E-state index in [-0.39, 0.29) is 5.56 Å². The summed E-state index contributed by atoms with van der Waals surface area (Å²) in [6.07, 6.45) is 1.54. The van der Waals surface area contributed by atoms with Crippen LogP contribution in [-0.4, -0.2) is 6.54 Å². The molecule has 5 heteroatoms. The van der Waals surface area contributed by atoms with Gasteiger partial charge in [0, 0.05) is 24.1 Å². The van der Waals surface area contributed by atoms with E-state index in [9.17, 15) is 13.2 Å². The van der Waals surface area contributed by atoms with E-state index in [2.05, 4.69) is 5.32 Å². The molecule has 0 spiro atoms. The molecular weight excluding hydrogens is 205 g/mol. The quantitative estimate of drug-likeness (QED) is 0.697. The Morgan fingerprint density at radius 3 is 2.60 bits per heavy atom. The molecular formula is C10H9F3N2. The lowest BCUT2D eigenvalue weighted by Crippen LogP contribution is -2.16. The molecule has 0 bridgehead atoms. The molecule has 1 atom stereocenters. The van der Waals surface area contributed by atoms with Crippen LogP contribution in [0.25, 0.3) is 0 Å². The zero-order valence-corrected chi connectivity index (χ0v) is 7.73. The molecule has 0 unspecified atom stereocenters. The molecule has 2 rings (SSSR count). The maximum atomic E-state index is 13.3. The third-order valence-electron chi connectivity index (χ3n) is 2.33. The molecule has 3 N–H and O–H groups in total. The van der Waals surface area contributed by atoms with Crippen molar-refractivity contribution < 1.29 is 13.2 Å². The maximum Gasteiger partial charge on any atom is 0.162 e. The van der Waals surface area contributed by atoms with Gasteiger partial charge in [-0.2, -0.15) is 0 Å². The Bertz CT molecular complexity index is 429. The fraction of sp³-hybridized carbons (Fsp3) is 0.200. The Morgan fingerprint density at radius 2 is 2.00 bits per heavy atom. The molecule has 1 aliphatic rings. The van der Waals surface area contributed by atoms with E-state index in [0.29, 0.717) is 18.4 Å². The van der Waals surface area contributed by atoms with Crippen LogP contribution in [0.5, 0.6) is 0 Å². The van der Waals surface area contributed by atoms with Crippen molar-refractivity contribution in [2.24, 2.45) is 5.73 Å². The zero-order chi connectivity index (χ0) is 11.0. The van der Waals surface area contributed by atoms with E-state index in [1.807, 2.05) is 0 Å². The Balaban J connectivity index is 2.44. The number of hydrogen-bond donors (Lipinski definition) is 2. The highest BCUT2D eigenvalue weighted by Gasteiger charge is 2.21. The molecule has 1 heterocycles. The second-order valence-corrected chi connectivity index (χ2v) is 3.40. The van der Waals surface area contributed by atoms with Crippen LogP contribution >= 0.6 is 0 Å². The smallest absolute Gasteiger partial charge is 0.162 e. The van der Waals surface area contributed by atoms with Crippen LogP contribution in [0.1, 0.15) is 11.5 Å². The largest absolute Gasteiger partial charge is 0.386 e. The summed E-state index contributed by atoms with van der Waals surface area (Å²) in [5.41, 5.74) is 5.42. The lowest BCUT2D eigenvalue weighted by molar-refractivity contribution is 0.481. The SMILES string of the molecule is NC1=C[C@@H](c2cc(F)cc(F)c2F)CN1. The molecule has 1 aliphatic heterocycles. The average molecular weight is 214 g/mol. The van der Waals surface area contributed by atoms with Gasteiger partial charge in [-0.15, -0.1) is 0 Å². The van der Waals surface area contributed by atoms with Crippen molar-refractivity contribution in [1.29, 1.82) is 0 Å². The van der Waals surface area contributed by atoms with Crippen LogP contribution in [-0.2, 0) is 0 Å². The van der Waals surface area contributed by atoms with Crippen molar-refractivity contribution in [3.63, 3.8) is 0 Å². The summed E-state index contributed by atoms with van der Waals surface area (Å²) in [5, 5.41) is 2.76. The molecule has 2 nitrogen and oxygen atoms in total. The van der Waals surface area contributed by atoms with Gasteiger partial charge in [0.05, 0.1) is 5.82 Å². The second-order valence-electron chi connectivity index (χ2n) is 3.40. The molecule has 15 heavy (non-hydrogen) atoms. The van der Waals surface area contributed by atoms with Crippen molar-refractivity contribution in [3.05, 3.63) is 47.0 Å². The number of nitrogens with one attached hydrogen (secondary N) is 1. The van der Waals surface area contributed by atoms with Crippen molar-refractivity contribution in [2.75, 3.05) is 6.54 Å². The summed E-state index contributed by atoms with van der Waals surface area (Å²) in [6.45, 7) is 0.353. The van der Waals surface area contributed by atoms with E-state index in [4.69, 9.17) is 5.73 Å². The first kappa shape index (κ1) is 9.89. The van der Waals surface area contributed by atoms with Crippen molar-refractivity contribution in [2.45, 2.75) is 5.92 Å². The van der Waals surface area contributed by atoms with Gasteiger partial charge in [0.25, 0.3) is 0 Å². The monoisotopic (exact) mass is 214 g/mol. The third-order valence-corrected chi connectivity index (χ3v) is 2.33. The maximum absolute atomic E-state index is 13.3. The number of benzene rings is 1. The Hall–Kier alpha value is -1.65. The topological polar surface area (TPSA) is 38.0 Å². The van der Waals surface area contributed by atoms with Crippen LogP contribution in [0.4, 0.5) is 13.2 Å². The molecule has 0 radical (unpaired) electrons. The molecule has 0 aliphatic carbocycles. The number of halogens is 3. The van der Waals surface area contributed by atoms with Crippen LogP contribution < -0.4 is 11.1 Å². The molecule has 0 amide bonds. The third kappa shape index (κ3) is 1.77. The molecule has 1 aromatic rings. The number of rotatable bonds is 1. The summed E-state index contributed by atoms with van der Waals surface area (Å²) >= 11 is 0. The second kappa shape index (κ2) is 3.49. The van der Waals surface area contributed by atoms with E-state index in [1.54, 1.807) is 0 Å². The first-order valence-corrected chi connectivity index (χ1v) is 4.43. The first-order valence-electron chi connectivity index (χ1n) is 4.43. The fourth-order valence-electron chi connectivity index (χ4n) is 1.61. The lowest BCUT2D eigenvalue weighted by Gasteiger charge is -2.09. The van der Waals surface area contributed by atoms with E-state index in [0.717, 1.165) is 6.07 Å². The van der Waals surface area contributed by atoms with Gasteiger partial charge in [-0.1, -0.05) is 0 Å². The van der Waals surface area contributed by atoms with Crippen molar-refractivity contribution in [1.82, 2.24) is 5.32 Å². The highest BCUT2D eigenvalue weighted by atomic mass is 19.2. The predicted molar refractivity (Wildman–Crippen MR) is 49.3 cm³/mol. The Labute approximate surface area is 84.6 Å². The standard InChI is InChI=1S/C10H9F3N2/c11-6-2-7(10(13)8(12)3-6)5-1-9(14)15-4-5/h1-3,5,15H,4,14H2/t5-/m1/s1. The van der Waals surface area contributed by atoms with Crippen molar-refractivity contribution in [3.8, 4) is 0 Å². The van der Waals surface area contributed by atoms with Gasteiger partial charge in [0.1, 0.15) is 5.82 Å². The average Bonchev–Trinajstić information content (AvgIpc) is 2.58. The normalized spacial score (nSPS) is 19.9. The minimum atomic E-state index is -1.18. The first-order chi connectivity index (χ1) is 7.08. The molecule has 0 fully saturated rings. The summed E-state index contributed by atoms with van der Waals surface area (Å²) in [5.74, 6) is -3.01. The summed E-state index contributed by atoms with van der Waals surface area (Å²) < 4.78 is 39.1. The molecule has 0 saturated heterocycles. The van der Waals surface area contributed by atoms with Gasteiger partial charge in [-0.25, -0.2) is 13.2 Å². The Morgan fingerprint density at radius 1 is 1.27 bits per heavy atom. The molecule has 0 saturated carbocycles. The minimum absolute atomic E-state index is 0.0135. The highest BCUT2D eigenvalue weighted by molar-refractivity contribution is 5.31. The van der Waals surface area contributed by atoms with Crippen molar-refractivity contribution >= 4 is 0 Å². The lowest BCUT2D eigenvalue weighted by atomic mass is 9.99. The Kier molecular flexibility index (Phi) is 2.30. The van der Waals surface area contributed by atoms with E-state index >= 15 is 0 Å². The van der Waals surface area contributed by atoms with Gasteiger partial charge in [0.2, 0.25) is 0 Å². The fourth-order valence-corrected chi connectivity index (χ4v) is 1.61. The molecule has 0 aromatic heterocycles. The number of nitrogens with two attached hydrogens (primary N) is 1. The van der Waals surface area contributed by atoms with Crippen LogP contribution in [0.2, 0.25) is 0 Å². The van der Waals surface area contributed by atoms with E-state index in [1.165, 1.54) is 6.08 Å². The van der Waals surface area contributed by atoms with E-state index < -0.39 is 23.4 Å². The summed E-state index contributed by atoms with van der Waals surface area (Å²) in [7, 11) is 0. The minimum Gasteiger partial charge on any atom is -0.386 e. The van der Waals surface area contributed by atoms with Gasteiger partial charge in [-0.3, -0.25) is 0 Å². The molecule has 1 aromatic carbocycles. The predicted octanol–water partition coefficient (Wildman–Crippen LogP) is 1.59. The van der Waals surface area contributed by atoms with Gasteiger partial charge >= 0.3 is 0 Å². The summed E-state index contributed by atoms with van der Waals surface area (Å²) in [6, 6.07) is 1.51. The highest BCUT2D eigenvalue weighted by Crippen LogP contribution is 2.26. The van der Waals surface area contributed by atoms with Gasteiger partial charge in [0.15, 0.2) is 11.6 Å². The van der Waals surface area contributed by atoms with Gasteiger partial charge < -0.3 is 11.1 Å². The molecule has 80 valence electrons. The van der Waals surface area contributed by atoms with Crippen LogP contribution in [0, 0.1) is 17.5 Å². The van der Waals surface area contributed by atoms with Crippen LogP contribution in [0.15, 0.2) is 24.0 Å². The van der Waals surface area contributed by atoms with Crippen LogP contribution in [0.3, 0.4) is 0 Å². The number of hydrogen-bond acceptors (Lipinski definition) is 2. The van der Waals surface area contributed by atoms with Gasteiger partial charge in [-0.05, 0) is 12.1 Å². The summed E-state index contributed by atoms with van der Waals surface area (Å²) in [4.78, 5) is 0.